The average Bonchev–Trinajstić information content (AvgIpc) is 2.59. The molecule has 13 heavy (non-hydrogen) atoms. The van der Waals surface area contributed by atoms with Crippen LogP contribution in [0.15, 0.2) is 0 Å². The molecule has 1 aliphatic rings. The molecule has 3 heteroatoms. The summed E-state index contributed by atoms with van der Waals surface area (Å²) in [6, 6.07) is 0. The molecule has 0 spiro atoms. The van der Waals surface area contributed by atoms with Gasteiger partial charge >= 0.3 is 5.97 Å². The maximum Gasteiger partial charge on any atom is 0.309 e. The van der Waals surface area contributed by atoms with Crippen molar-refractivity contribution in [3.63, 3.8) is 0 Å². The van der Waals surface area contributed by atoms with E-state index < -0.39 is 0 Å². The molecule has 2 atom stereocenters. The Morgan fingerprint density at radius 2 is 2.38 bits per heavy atom. The highest BCUT2D eigenvalue weighted by Crippen LogP contribution is 2.25. The van der Waals surface area contributed by atoms with Crippen LogP contribution in [-0.2, 0) is 14.3 Å². The lowest BCUT2D eigenvalue weighted by Crippen LogP contribution is -2.25. The van der Waals surface area contributed by atoms with Crippen LogP contribution in [0, 0.1) is 11.8 Å². The summed E-state index contributed by atoms with van der Waals surface area (Å²) in [7, 11) is 0. The third-order valence-corrected chi connectivity index (χ3v) is 2.56. The fraction of sp³-hybridized carbons (Fsp3) is 0.900. The van der Waals surface area contributed by atoms with Gasteiger partial charge < -0.3 is 9.47 Å². The monoisotopic (exact) mass is 186 g/mol. The minimum atomic E-state index is -0.0551. The second-order valence-corrected chi connectivity index (χ2v) is 3.39. The van der Waals surface area contributed by atoms with Crippen molar-refractivity contribution in [2.24, 2.45) is 11.8 Å². The topological polar surface area (TPSA) is 35.5 Å². The minimum absolute atomic E-state index is 0.0439. The first kappa shape index (κ1) is 10.5. The van der Waals surface area contributed by atoms with Crippen LogP contribution >= 0.6 is 0 Å². The zero-order valence-corrected chi connectivity index (χ0v) is 8.41. The Hall–Kier alpha value is -0.570. The highest BCUT2D eigenvalue weighted by molar-refractivity contribution is 5.72. The van der Waals surface area contributed by atoms with Gasteiger partial charge in [0.05, 0.1) is 19.1 Å². The molecule has 3 nitrogen and oxygen atoms in total. The molecule has 1 aliphatic heterocycles. The Morgan fingerprint density at radius 3 is 2.85 bits per heavy atom. The lowest BCUT2D eigenvalue weighted by Gasteiger charge is -2.18. The molecule has 0 aliphatic carbocycles. The van der Waals surface area contributed by atoms with Crippen LogP contribution in [0.3, 0.4) is 0 Å². The molecule has 2 unspecified atom stereocenters. The van der Waals surface area contributed by atoms with Gasteiger partial charge in [0.15, 0.2) is 0 Å². The van der Waals surface area contributed by atoms with Crippen molar-refractivity contribution in [2.75, 3.05) is 19.8 Å². The van der Waals surface area contributed by atoms with Gasteiger partial charge in [0, 0.05) is 6.61 Å². The lowest BCUT2D eigenvalue weighted by molar-refractivity contribution is -0.150. The molecule has 0 aromatic carbocycles. The van der Waals surface area contributed by atoms with Crippen LogP contribution < -0.4 is 0 Å². The summed E-state index contributed by atoms with van der Waals surface area (Å²) in [5.41, 5.74) is 0. The number of rotatable bonds is 4. The molecule has 0 N–H and O–H groups in total. The highest BCUT2D eigenvalue weighted by Gasteiger charge is 2.30. The van der Waals surface area contributed by atoms with Crippen LogP contribution in [-0.4, -0.2) is 25.8 Å². The quantitative estimate of drug-likeness (QED) is 0.626. The number of carbonyl (C=O) groups excluding carboxylic acids is 1. The standard InChI is InChI=1S/C10H18O3/c1-3-9(10(11)13-4-2)8-5-6-12-7-8/h8-9H,3-7H2,1-2H3. The van der Waals surface area contributed by atoms with E-state index in [0.29, 0.717) is 12.5 Å². The van der Waals surface area contributed by atoms with Gasteiger partial charge in [-0.2, -0.15) is 0 Å². The van der Waals surface area contributed by atoms with Crippen molar-refractivity contribution in [3.05, 3.63) is 0 Å². The molecule has 1 rings (SSSR count). The second kappa shape index (κ2) is 5.22. The van der Waals surface area contributed by atoms with Crippen molar-refractivity contribution in [1.82, 2.24) is 0 Å². The normalized spacial score (nSPS) is 24.3. The van der Waals surface area contributed by atoms with Gasteiger partial charge in [0.25, 0.3) is 0 Å². The van der Waals surface area contributed by atoms with E-state index in [1.807, 2.05) is 13.8 Å². The zero-order chi connectivity index (χ0) is 9.68. The van der Waals surface area contributed by atoms with Crippen molar-refractivity contribution in [2.45, 2.75) is 26.7 Å². The summed E-state index contributed by atoms with van der Waals surface area (Å²) in [5, 5.41) is 0. The summed E-state index contributed by atoms with van der Waals surface area (Å²) >= 11 is 0. The second-order valence-electron chi connectivity index (χ2n) is 3.39. The number of ether oxygens (including phenoxy) is 2. The molecule has 0 saturated carbocycles. The van der Waals surface area contributed by atoms with Crippen molar-refractivity contribution in [3.8, 4) is 0 Å². The zero-order valence-electron chi connectivity index (χ0n) is 8.41. The van der Waals surface area contributed by atoms with Gasteiger partial charge in [-0.3, -0.25) is 4.79 Å². The molecule has 0 radical (unpaired) electrons. The van der Waals surface area contributed by atoms with Crippen molar-refractivity contribution < 1.29 is 14.3 Å². The summed E-state index contributed by atoms with van der Waals surface area (Å²) in [6.07, 6.45) is 1.85. The van der Waals surface area contributed by atoms with E-state index in [9.17, 15) is 4.79 Å². The van der Waals surface area contributed by atoms with Gasteiger partial charge in [0.2, 0.25) is 0 Å². The Kier molecular flexibility index (Phi) is 4.22. The number of esters is 1. The van der Waals surface area contributed by atoms with Crippen LogP contribution in [0.25, 0.3) is 0 Å². The maximum absolute atomic E-state index is 11.5. The number of hydrogen-bond donors (Lipinski definition) is 0. The fourth-order valence-corrected chi connectivity index (χ4v) is 1.81. The van der Waals surface area contributed by atoms with E-state index >= 15 is 0 Å². The van der Waals surface area contributed by atoms with E-state index in [4.69, 9.17) is 9.47 Å². The molecule has 0 aromatic rings. The van der Waals surface area contributed by atoms with Crippen LogP contribution in [0.4, 0.5) is 0 Å². The predicted octanol–water partition coefficient (Wildman–Crippen LogP) is 1.61. The van der Waals surface area contributed by atoms with Gasteiger partial charge in [0.1, 0.15) is 0 Å². The summed E-state index contributed by atoms with van der Waals surface area (Å²) in [6.45, 7) is 5.86. The van der Waals surface area contributed by atoms with Crippen molar-refractivity contribution in [1.29, 1.82) is 0 Å². The Bertz CT molecular complexity index is 162. The SMILES string of the molecule is CCOC(=O)C(CC)C1CCOC1. The van der Waals surface area contributed by atoms with E-state index in [0.717, 1.165) is 26.1 Å². The van der Waals surface area contributed by atoms with Gasteiger partial charge in [-0.25, -0.2) is 0 Å². The van der Waals surface area contributed by atoms with Gasteiger partial charge in [-0.15, -0.1) is 0 Å². The van der Waals surface area contributed by atoms with E-state index in [1.165, 1.54) is 0 Å². The molecule has 1 saturated heterocycles. The molecular weight excluding hydrogens is 168 g/mol. The smallest absolute Gasteiger partial charge is 0.309 e. The largest absolute Gasteiger partial charge is 0.466 e. The summed E-state index contributed by atoms with van der Waals surface area (Å²) in [4.78, 5) is 11.5. The molecule has 0 amide bonds. The summed E-state index contributed by atoms with van der Waals surface area (Å²) in [5.74, 6) is 0.368. The van der Waals surface area contributed by atoms with Crippen LogP contribution in [0.5, 0.6) is 0 Å². The lowest BCUT2D eigenvalue weighted by atomic mass is 9.89. The van der Waals surface area contributed by atoms with Crippen LogP contribution in [0.2, 0.25) is 0 Å². The molecular formula is C10H18O3. The third-order valence-electron chi connectivity index (χ3n) is 2.56. The van der Waals surface area contributed by atoms with E-state index in [-0.39, 0.29) is 11.9 Å². The maximum atomic E-state index is 11.5. The Morgan fingerprint density at radius 1 is 1.62 bits per heavy atom. The molecule has 1 fully saturated rings. The van der Waals surface area contributed by atoms with E-state index in [2.05, 4.69) is 0 Å². The van der Waals surface area contributed by atoms with Gasteiger partial charge in [-0.05, 0) is 25.7 Å². The van der Waals surface area contributed by atoms with E-state index in [1.54, 1.807) is 0 Å². The first-order valence-electron chi connectivity index (χ1n) is 5.04. The highest BCUT2D eigenvalue weighted by atomic mass is 16.5. The molecule has 1 heterocycles. The van der Waals surface area contributed by atoms with Gasteiger partial charge in [-0.1, -0.05) is 6.92 Å². The van der Waals surface area contributed by atoms with Crippen molar-refractivity contribution >= 4 is 5.97 Å². The first-order chi connectivity index (χ1) is 6.29. The fourth-order valence-electron chi connectivity index (χ4n) is 1.81. The Balaban J connectivity index is 2.44. The summed E-state index contributed by atoms with van der Waals surface area (Å²) < 4.78 is 10.3. The third kappa shape index (κ3) is 2.69. The van der Waals surface area contributed by atoms with Crippen LogP contribution in [0.1, 0.15) is 26.7 Å². The minimum Gasteiger partial charge on any atom is -0.466 e. The number of hydrogen-bond acceptors (Lipinski definition) is 3. The molecule has 0 aromatic heterocycles. The average molecular weight is 186 g/mol. The first-order valence-corrected chi connectivity index (χ1v) is 5.04. The molecule has 76 valence electrons. The molecule has 0 bridgehead atoms. The predicted molar refractivity (Wildman–Crippen MR) is 49.3 cm³/mol. The number of carbonyl (C=O) groups is 1. The Labute approximate surface area is 79.4 Å².